The average molecular weight is 402 g/mol. The summed E-state index contributed by atoms with van der Waals surface area (Å²) < 4.78 is 5.21. The van der Waals surface area contributed by atoms with Crippen LogP contribution in [-0.2, 0) is 19.4 Å². The predicted molar refractivity (Wildman–Crippen MR) is 119 cm³/mol. The SMILES string of the molecule is COc1ccc(-c2cccc(CNC(=O)Nc3cccc4c3CC(O)CC4)c2)cc1. The van der Waals surface area contributed by atoms with E-state index in [9.17, 15) is 9.90 Å². The molecule has 3 aromatic rings. The van der Waals surface area contributed by atoms with E-state index in [-0.39, 0.29) is 12.1 Å². The van der Waals surface area contributed by atoms with E-state index >= 15 is 0 Å². The third-order valence-corrected chi connectivity index (χ3v) is 5.51. The van der Waals surface area contributed by atoms with Gasteiger partial charge in [-0.15, -0.1) is 0 Å². The smallest absolute Gasteiger partial charge is 0.319 e. The number of aliphatic hydroxyl groups excluding tert-OH is 1. The van der Waals surface area contributed by atoms with E-state index in [1.807, 2.05) is 54.6 Å². The minimum atomic E-state index is -0.343. The zero-order valence-corrected chi connectivity index (χ0v) is 17.0. The minimum Gasteiger partial charge on any atom is -0.497 e. The molecule has 5 nitrogen and oxygen atoms in total. The van der Waals surface area contributed by atoms with Gasteiger partial charge in [-0.3, -0.25) is 0 Å². The Balaban J connectivity index is 1.40. The maximum atomic E-state index is 12.5. The molecule has 3 aromatic carbocycles. The van der Waals surface area contributed by atoms with Gasteiger partial charge in [-0.25, -0.2) is 4.79 Å². The highest BCUT2D eigenvalue weighted by atomic mass is 16.5. The molecule has 0 saturated heterocycles. The highest BCUT2D eigenvalue weighted by Gasteiger charge is 2.19. The Hall–Kier alpha value is -3.31. The number of rotatable bonds is 5. The lowest BCUT2D eigenvalue weighted by Gasteiger charge is -2.23. The van der Waals surface area contributed by atoms with Crippen LogP contribution in [0.1, 0.15) is 23.1 Å². The summed E-state index contributed by atoms with van der Waals surface area (Å²) in [5.41, 5.74) is 6.21. The van der Waals surface area contributed by atoms with Gasteiger partial charge in [0.25, 0.3) is 0 Å². The van der Waals surface area contributed by atoms with Crippen molar-refractivity contribution in [3.63, 3.8) is 0 Å². The van der Waals surface area contributed by atoms with Crippen molar-refractivity contribution in [1.29, 1.82) is 0 Å². The fraction of sp³-hybridized carbons (Fsp3) is 0.240. The molecule has 0 aliphatic heterocycles. The van der Waals surface area contributed by atoms with E-state index in [4.69, 9.17) is 4.74 Å². The van der Waals surface area contributed by atoms with Crippen LogP contribution in [0.4, 0.5) is 10.5 Å². The number of anilines is 1. The number of ether oxygens (including phenoxy) is 1. The van der Waals surface area contributed by atoms with E-state index in [0.29, 0.717) is 13.0 Å². The van der Waals surface area contributed by atoms with E-state index in [2.05, 4.69) is 22.8 Å². The van der Waals surface area contributed by atoms with Crippen LogP contribution in [0.2, 0.25) is 0 Å². The highest BCUT2D eigenvalue weighted by Crippen LogP contribution is 2.28. The average Bonchev–Trinajstić information content (AvgIpc) is 2.78. The number of fused-ring (bicyclic) bond motifs is 1. The number of hydrogen-bond donors (Lipinski definition) is 3. The third kappa shape index (κ3) is 4.63. The number of aliphatic hydroxyl groups is 1. The summed E-state index contributed by atoms with van der Waals surface area (Å²) in [7, 11) is 1.65. The zero-order valence-electron chi connectivity index (χ0n) is 17.0. The fourth-order valence-corrected chi connectivity index (χ4v) is 3.88. The Bertz CT molecular complexity index is 1030. The molecule has 0 heterocycles. The number of aryl methyl sites for hydroxylation is 1. The van der Waals surface area contributed by atoms with Crippen LogP contribution < -0.4 is 15.4 Å². The highest BCUT2D eigenvalue weighted by molar-refractivity contribution is 5.90. The molecule has 0 fully saturated rings. The largest absolute Gasteiger partial charge is 0.497 e. The topological polar surface area (TPSA) is 70.6 Å². The molecule has 154 valence electrons. The van der Waals surface area contributed by atoms with Crippen molar-refractivity contribution in [1.82, 2.24) is 5.32 Å². The third-order valence-electron chi connectivity index (χ3n) is 5.51. The van der Waals surface area contributed by atoms with Gasteiger partial charge < -0.3 is 20.5 Å². The summed E-state index contributed by atoms with van der Waals surface area (Å²) >= 11 is 0. The summed E-state index contributed by atoms with van der Waals surface area (Å²) in [5, 5.41) is 15.9. The van der Waals surface area contributed by atoms with Crippen molar-refractivity contribution >= 4 is 11.7 Å². The van der Waals surface area contributed by atoms with E-state index < -0.39 is 0 Å². The molecule has 2 amide bonds. The molecule has 1 atom stereocenters. The lowest BCUT2D eigenvalue weighted by molar-refractivity contribution is 0.159. The molecule has 0 saturated carbocycles. The lowest BCUT2D eigenvalue weighted by atomic mass is 9.88. The molecule has 30 heavy (non-hydrogen) atoms. The summed E-state index contributed by atoms with van der Waals surface area (Å²) in [6.45, 7) is 0.424. The van der Waals surface area contributed by atoms with Crippen molar-refractivity contribution in [2.75, 3.05) is 12.4 Å². The van der Waals surface area contributed by atoms with Crippen LogP contribution in [0, 0.1) is 0 Å². The van der Waals surface area contributed by atoms with Crippen LogP contribution in [0.3, 0.4) is 0 Å². The molecule has 1 unspecified atom stereocenters. The van der Waals surface area contributed by atoms with Gasteiger partial charge >= 0.3 is 6.03 Å². The Morgan fingerprint density at radius 2 is 1.87 bits per heavy atom. The van der Waals surface area contributed by atoms with Gasteiger partial charge in [0.1, 0.15) is 5.75 Å². The fourth-order valence-electron chi connectivity index (χ4n) is 3.88. The first-order valence-electron chi connectivity index (χ1n) is 10.2. The first-order valence-corrected chi connectivity index (χ1v) is 10.2. The second-order valence-electron chi connectivity index (χ2n) is 7.58. The molecule has 0 spiro atoms. The molecule has 0 aromatic heterocycles. The second-order valence-corrected chi connectivity index (χ2v) is 7.58. The van der Waals surface area contributed by atoms with Crippen molar-refractivity contribution in [2.24, 2.45) is 0 Å². The van der Waals surface area contributed by atoms with Crippen molar-refractivity contribution in [3.05, 3.63) is 83.4 Å². The van der Waals surface area contributed by atoms with Gasteiger partial charge in [0, 0.05) is 18.7 Å². The molecule has 3 N–H and O–H groups in total. The summed E-state index contributed by atoms with van der Waals surface area (Å²) in [5.74, 6) is 0.823. The Morgan fingerprint density at radius 3 is 2.67 bits per heavy atom. The standard InChI is InChI=1S/C25H26N2O3/c1-30-22-12-9-18(10-13-22)20-6-2-4-17(14-20)16-26-25(29)27-24-7-3-5-19-8-11-21(28)15-23(19)24/h2-7,9-10,12-14,21,28H,8,11,15-16H2,1H3,(H2,26,27,29). The number of nitrogens with one attached hydrogen (secondary N) is 2. The number of carbonyl (C=O) groups excluding carboxylic acids is 1. The van der Waals surface area contributed by atoms with Crippen molar-refractivity contribution < 1.29 is 14.6 Å². The Morgan fingerprint density at radius 1 is 1.07 bits per heavy atom. The van der Waals surface area contributed by atoms with Crippen LogP contribution in [-0.4, -0.2) is 24.4 Å². The summed E-state index contributed by atoms with van der Waals surface area (Å²) in [4.78, 5) is 12.5. The first-order chi connectivity index (χ1) is 14.6. The van der Waals surface area contributed by atoms with Crippen LogP contribution in [0.5, 0.6) is 5.75 Å². The van der Waals surface area contributed by atoms with Crippen LogP contribution in [0.25, 0.3) is 11.1 Å². The van der Waals surface area contributed by atoms with E-state index in [1.165, 1.54) is 5.56 Å². The van der Waals surface area contributed by atoms with E-state index in [1.54, 1.807) is 7.11 Å². The Labute approximate surface area is 176 Å². The normalized spacial score (nSPS) is 15.2. The van der Waals surface area contributed by atoms with Gasteiger partial charge in [0.15, 0.2) is 0 Å². The quantitative estimate of drug-likeness (QED) is 0.587. The second kappa shape index (κ2) is 9.01. The molecular weight excluding hydrogens is 376 g/mol. The molecule has 5 heteroatoms. The lowest BCUT2D eigenvalue weighted by Crippen LogP contribution is -2.29. The number of amides is 2. The maximum Gasteiger partial charge on any atom is 0.319 e. The molecule has 0 radical (unpaired) electrons. The Kier molecular flexibility index (Phi) is 6.00. The van der Waals surface area contributed by atoms with Crippen LogP contribution >= 0.6 is 0 Å². The number of hydrogen-bond acceptors (Lipinski definition) is 3. The van der Waals surface area contributed by atoms with Crippen LogP contribution in [0.15, 0.2) is 66.7 Å². The van der Waals surface area contributed by atoms with Gasteiger partial charge in [-0.05, 0) is 64.9 Å². The molecule has 4 rings (SSSR count). The van der Waals surface area contributed by atoms with Gasteiger partial charge in [-0.1, -0.05) is 42.5 Å². The number of benzene rings is 3. The van der Waals surface area contributed by atoms with Gasteiger partial charge in [-0.2, -0.15) is 0 Å². The first kappa shape index (κ1) is 20.0. The maximum absolute atomic E-state index is 12.5. The number of carbonyl (C=O) groups is 1. The molecule has 1 aliphatic carbocycles. The van der Waals surface area contributed by atoms with Crippen molar-refractivity contribution in [3.8, 4) is 16.9 Å². The van der Waals surface area contributed by atoms with Gasteiger partial charge in [0.2, 0.25) is 0 Å². The molecular formula is C25H26N2O3. The minimum absolute atomic E-state index is 0.252. The van der Waals surface area contributed by atoms with E-state index in [0.717, 1.165) is 46.5 Å². The van der Waals surface area contributed by atoms with Gasteiger partial charge in [0.05, 0.1) is 13.2 Å². The molecule has 1 aliphatic rings. The summed E-state index contributed by atoms with van der Waals surface area (Å²) in [6, 6.07) is 21.7. The zero-order chi connectivity index (χ0) is 20.9. The van der Waals surface area contributed by atoms with Crippen molar-refractivity contribution in [2.45, 2.75) is 31.9 Å². The summed E-state index contributed by atoms with van der Waals surface area (Å²) in [6.07, 6.45) is 1.85. The molecule has 0 bridgehead atoms. The predicted octanol–water partition coefficient (Wildman–Crippen LogP) is 4.53. The number of urea groups is 1. The number of methoxy groups -OCH3 is 1. The monoisotopic (exact) mass is 402 g/mol.